The number of nitrogens with one attached hydrogen (secondary N) is 1. The van der Waals surface area contributed by atoms with Gasteiger partial charge in [-0.2, -0.15) is 0 Å². The Hall–Kier alpha value is -1.35. The van der Waals surface area contributed by atoms with E-state index in [0.717, 1.165) is 6.42 Å². The van der Waals surface area contributed by atoms with E-state index in [4.69, 9.17) is 5.11 Å². The Bertz CT molecular complexity index is 360. The van der Waals surface area contributed by atoms with Crippen LogP contribution in [-0.2, 0) is 6.42 Å². The number of aliphatic hydroxyl groups excluding tert-OH is 1. The SMILES string of the molecule is CCCCCCCCc1ccc(C(=O)NCO)cc1. The summed E-state index contributed by atoms with van der Waals surface area (Å²) in [6, 6.07) is 7.63. The van der Waals surface area contributed by atoms with Crippen LogP contribution in [0.1, 0.15) is 61.4 Å². The van der Waals surface area contributed by atoms with E-state index in [1.54, 1.807) is 0 Å². The summed E-state index contributed by atoms with van der Waals surface area (Å²) in [7, 11) is 0. The van der Waals surface area contributed by atoms with Gasteiger partial charge in [0, 0.05) is 5.56 Å². The summed E-state index contributed by atoms with van der Waals surface area (Å²) in [5.74, 6) is -0.228. The lowest BCUT2D eigenvalue weighted by molar-refractivity contribution is 0.0910. The van der Waals surface area contributed by atoms with Gasteiger partial charge in [-0.15, -0.1) is 0 Å². The van der Waals surface area contributed by atoms with Crippen molar-refractivity contribution >= 4 is 5.91 Å². The lowest BCUT2D eigenvalue weighted by atomic mass is 10.0. The lowest BCUT2D eigenvalue weighted by Crippen LogP contribution is -2.23. The van der Waals surface area contributed by atoms with E-state index in [0.29, 0.717) is 5.56 Å². The molecule has 1 rings (SSSR count). The molecule has 0 saturated carbocycles. The van der Waals surface area contributed by atoms with Gasteiger partial charge in [-0.25, -0.2) is 0 Å². The molecule has 0 aromatic heterocycles. The van der Waals surface area contributed by atoms with Gasteiger partial charge in [0.15, 0.2) is 0 Å². The summed E-state index contributed by atoms with van der Waals surface area (Å²) in [6.45, 7) is 1.91. The Balaban J connectivity index is 2.26. The summed E-state index contributed by atoms with van der Waals surface area (Å²) < 4.78 is 0. The first-order chi connectivity index (χ1) is 9.27. The van der Waals surface area contributed by atoms with Crippen LogP contribution in [0.5, 0.6) is 0 Å². The van der Waals surface area contributed by atoms with Crippen LogP contribution in [0, 0.1) is 0 Å². The maximum Gasteiger partial charge on any atom is 0.253 e. The maximum absolute atomic E-state index is 11.4. The molecule has 0 aliphatic heterocycles. The molecular formula is C16H25NO2. The Morgan fingerprint density at radius 1 is 1.05 bits per heavy atom. The van der Waals surface area contributed by atoms with Crippen molar-refractivity contribution in [2.24, 2.45) is 0 Å². The average Bonchev–Trinajstić information content (AvgIpc) is 2.43. The third-order valence-corrected chi connectivity index (χ3v) is 3.27. The van der Waals surface area contributed by atoms with Crippen LogP contribution in [-0.4, -0.2) is 17.7 Å². The maximum atomic E-state index is 11.4. The highest BCUT2D eigenvalue weighted by atomic mass is 16.3. The van der Waals surface area contributed by atoms with E-state index < -0.39 is 0 Å². The number of aliphatic hydroxyl groups is 1. The monoisotopic (exact) mass is 263 g/mol. The summed E-state index contributed by atoms with van der Waals surface area (Å²) in [5, 5.41) is 11.0. The summed E-state index contributed by atoms with van der Waals surface area (Å²) in [5.41, 5.74) is 1.87. The molecule has 3 heteroatoms. The molecule has 0 heterocycles. The molecule has 0 fully saturated rings. The molecule has 0 aliphatic carbocycles. The molecule has 0 unspecified atom stereocenters. The van der Waals surface area contributed by atoms with Crippen LogP contribution < -0.4 is 5.32 Å². The minimum atomic E-state index is -0.321. The third-order valence-electron chi connectivity index (χ3n) is 3.27. The van der Waals surface area contributed by atoms with Crippen molar-refractivity contribution in [2.75, 3.05) is 6.73 Å². The minimum absolute atomic E-state index is 0.228. The number of carbonyl (C=O) groups excluding carboxylic acids is 1. The highest BCUT2D eigenvalue weighted by molar-refractivity contribution is 5.94. The van der Waals surface area contributed by atoms with Crippen molar-refractivity contribution in [1.29, 1.82) is 0 Å². The van der Waals surface area contributed by atoms with E-state index >= 15 is 0 Å². The van der Waals surface area contributed by atoms with E-state index in [9.17, 15) is 4.79 Å². The fourth-order valence-electron chi connectivity index (χ4n) is 2.11. The van der Waals surface area contributed by atoms with Gasteiger partial charge >= 0.3 is 0 Å². The second kappa shape index (κ2) is 9.56. The highest BCUT2D eigenvalue weighted by Gasteiger charge is 2.03. The molecule has 106 valence electrons. The van der Waals surface area contributed by atoms with Crippen LogP contribution in [0.2, 0.25) is 0 Å². The molecule has 0 bridgehead atoms. The van der Waals surface area contributed by atoms with Gasteiger partial charge in [-0.05, 0) is 30.5 Å². The first-order valence-electron chi connectivity index (χ1n) is 7.26. The number of rotatable bonds is 9. The Labute approximate surface area is 116 Å². The molecule has 0 saturated heterocycles. The number of amides is 1. The molecule has 2 N–H and O–H groups in total. The number of unbranched alkanes of at least 4 members (excludes halogenated alkanes) is 5. The van der Waals surface area contributed by atoms with Gasteiger partial charge < -0.3 is 10.4 Å². The molecule has 19 heavy (non-hydrogen) atoms. The van der Waals surface area contributed by atoms with Crippen molar-refractivity contribution in [3.8, 4) is 0 Å². The molecule has 0 spiro atoms. The predicted octanol–water partition coefficient (Wildman–Crippen LogP) is 3.27. The van der Waals surface area contributed by atoms with Gasteiger partial charge in [0.2, 0.25) is 0 Å². The molecule has 0 atom stereocenters. The molecule has 0 aliphatic rings. The number of benzene rings is 1. The molecule has 1 aromatic carbocycles. The fraction of sp³-hybridized carbons (Fsp3) is 0.562. The zero-order valence-electron chi connectivity index (χ0n) is 11.8. The molecule has 3 nitrogen and oxygen atoms in total. The van der Waals surface area contributed by atoms with Crippen LogP contribution in [0.3, 0.4) is 0 Å². The molecule has 1 amide bonds. The van der Waals surface area contributed by atoms with Crippen molar-refractivity contribution in [2.45, 2.75) is 51.9 Å². The van der Waals surface area contributed by atoms with E-state index in [-0.39, 0.29) is 12.6 Å². The second-order valence-corrected chi connectivity index (χ2v) is 4.88. The average molecular weight is 263 g/mol. The Morgan fingerprint density at radius 2 is 1.68 bits per heavy atom. The number of aryl methyl sites for hydroxylation is 1. The van der Waals surface area contributed by atoms with E-state index in [1.807, 2.05) is 24.3 Å². The highest BCUT2D eigenvalue weighted by Crippen LogP contribution is 2.11. The lowest BCUT2D eigenvalue weighted by Gasteiger charge is -2.04. The van der Waals surface area contributed by atoms with Crippen LogP contribution in [0.4, 0.5) is 0 Å². The van der Waals surface area contributed by atoms with Gasteiger partial charge in [0.25, 0.3) is 5.91 Å². The van der Waals surface area contributed by atoms with E-state index in [2.05, 4.69) is 12.2 Å². The summed E-state index contributed by atoms with van der Waals surface area (Å²) in [4.78, 5) is 11.4. The summed E-state index contributed by atoms with van der Waals surface area (Å²) in [6.07, 6.45) is 8.88. The van der Waals surface area contributed by atoms with Crippen LogP contribution in [0.15, 0.2) is 24.3 Å². The zero-order chi connectivity index (χ0) is 13.9. The van der Waals surface area contributed by atoms with Crippen LogP contribution in [0.25, 0.3) is 0 Å². The minimum Gasteiger partial charge on any atom is -0.376 e. The zero-order valence-corrected chi connectivity index (χ0v) is 11.8. The first kappa shape index (κ1) is 15.7. The quantitative estimate of drug-likeness (QED) is 0.530. The predicted molar refractivity (Wildman–Crippen MR) is 78.1 cm³/mol. The first-order valence-corrected chi connectivity index (χ1v) is 7.26. The van der Waals surface area contributed by atoms with Crippen molar-refractivity contribution in [3.05, 3.63) is 35.4 Å². The van der Waals surface area contributed by atoms with Crippen molar-refractivity contribution in [1.82, 2.24) is 5.32 Å². The Morgan fingerprint density at radius 3 is 2.32 bits per heavy atom. The molecule has 0 radical (unpaired) electrons. The second-order valence-electron chi connectivity index (χ2n) is 4.88. The number of hydrogen-bond acceptors (Lipinski definition) is 2. The van der Waals surface area contributed by atoms with Crippen molar-refractivity contribution < 1.29 is 9.90 Å². The summed E-state index contributed by atoms with van der Waals surface area (Å²) >= 11 is 0. The number of carbonyl (C=O) groups is 1. The number of hydrogen-bond donors (Lipinski definition) is 2. The largest absolute Gasteiger partial charge is 0.376 e. The smallest absolute Gasteiger partial charge is 0.253 e. The van der Waals surface area contributed by atoms with E-state index in [1.165, 1.54) is 44.1 Å². The fourth-order valence-corrected chi connectivity index (χ4v) is 2.11. The Kier molecular flexibility index (Phi) is 7.91. The standard InChI is InChI=1S/C16H25NO2/c1-2-3-4-5-6-7-8-14-9-11-15(12-10-14)16(19)17-13-18/h9-12,18H,2-8,13H2,1H3,(H,17,19). The van der Waals surface area contributed by atoms with Gasteiger partial charge in [-0.3, -0.25) is 4.79 Å². The molecule has 1 aromatic rings. The van der Waals surface area contributed by atoms with Gasteiger partial charge in [-0.1, -0.05) is 51.2 Å². The topological polar surface area (TPSA) is 49.3 Å². The third kappa shape index (κ3) is 6.39. The molecular weight excluding hydrogens is 238 g/mol. The van der Waals surface area contributed by atoms with Crippen molar-refractivity contribution in [3.63, 3.8) is 0 Å². The van der Waals surface area contributed by atoms with Gasteiger partial charge in [0.05, 0.1) is 0 Å². The van der Waals surface area contributed by atoms with Gasteiger partial charge in [0.1, 0.15) is 6.73 Å². The normalized spacial score (nSPS) is 10.4. The van der Waals surface area contributed by atoms with Crippen LogP contribution >= 0.6 is 0 Å².